The van der Waals surface area contributed by atoms with E-state index in [1.165, 1.54) is 17.8 Å². The second-order valence-corrected chi connectivity index (χ2v) is 6.79. The number of likely N-dealkylation sites (tertiary alicyclic amines) is 1. The van der Waals surface area contributed by atoms with Gasteiger partial charge in [-0.3, -0.25) is 4.90 Å². The summed E-state index contributed by atoms with van der Waals surface area (Å²) in [4.78, 5) is 4.41. The summed E-state index contributed by atoms with van der Waals surface area (Å²) in [6.07, 6.45) is 1.28. The zero-order valence-electron chi connectivity index (χ0n) is 8.75. The van der Waals surface area contributed by atoms with Gasteiger partial charge in [-0.25, -0.2) is 0 Å². The number of rotatable bonds is 2. The van der Waals surface area contributed by atoms with E-state index in [0.717, 1.165) is 24.0 Å². The van der Waals surface area contributed by atoms with Crippen LogP contribution in [0.25, 0.3) is 0 Å². The van der Waals surface area contributed by atoms with Gasteiger partial charge in [-0.05, 0) is 30.3 Å². The smallest absolute Gasteiger partial charge is 0.0558 e. The first kappa shape index (κ1) is 11.9. The minimum atomic E-state index is 0.630. The van der Waals surface area contributed by atoms with E-state index in [1.807, 2.05) is 6.07 Å². The Hall–Kier alpha value is 0.430. The Morgan fingerprint density at radius 2 is 2.47 bits per heavy atom. The average molecular weight is 309 g/mol. The molecule has 0 saturated carbocycles. The van der Waals surface area contributed by atoms with Gasteiger partial charge in [-0.1, -0.05) is 34.5 Å². The van der Waals surface area contributed by atoms with Crippen molar-refractivity contribution in [1.29, 1.82) is 0 Å². The molecule has 0 aliphatic carbocycles. The van der Waals surface area contributed by atoms with Crippen molar-refractivity contribution >= 4 is 38.9 Å². The fraction of sp³-hybridized carbons (Fsp3) is 0.636. The lowest BCUT2D eigenvalue weighted by atomic mass is 9.99. The Morgan fingerprint density at radius 3 is 3.07 bits per heavy atom. The second-order valence-electron chi connectivity index (χ2n) is 4.21. The number of hydrogen-bond donors (Lipinski definition) is 0. The van der Waals surface area contributed by atoms with E-state index in [2.05, 4.69) is 33.1 Å². The van der Waals surface area contributed by atoms with E-state index >= 15 is 0 Å². The van der Waals surface area contributed by atoms with Crippen LogP contribution in [0.4, 0.5) is 0 Å². The monoisotopic (exact) mass is 307 g/mol. The van der Waals surface area contributed by atoms with Crippen LogP contribution in [0.1, 0.15) is 18.2 Å². The molecule has 2 heterocycles. The minimum Gasteiger partial charge on any atom is -0.297 e. The van der Waals surface area contributed by atoms with E-state index in [1.54, 1.807) is 11.3 Å². The molecule has 2 atom stereocenters. The summed E-state index contributed by atoms with van der Waals surface area (Å²) in [5.41, 5.74) is 0. The molecule has 2 rings (SSSR count). The van der Waals surface area contributed by atoms with Crippen LogP contribution < -0.4 is 0 Å². The van der Waals surface area contributed by atoms with E-state index in [-0.39, 0.29) is 0 Å². The zero-order valence-corrected chi connectivity index (χ0v) is 11.9. The van der Waals surface area contributed by atoms with E-state index < -0.39 is 0 Å². The molecule has 2 unspecified atom stereocenters. The first-order chi connectivity index (χ1) is 7.16. The van der Waals surface area contributed by atoms with Crippen LogP contribution in [0.15, 0.2) is 11.4 Å². The van der Waals surface area contributed by atoms with Crippen LogP contribution in [0, 0.1) is 5.92 Å². The highest BCUT2D eigenvalue weighted by atomic mass is 79.9. The molecule has 0 spiro atoms. The van der Waals surface area contributed by atoms with Crippen LogP contribution in [0.2, 0.25) is 5.02 Å². The van der Waals surface area contributed by atoms with Gasteiger partial charge in [0.05, 0.1) is 5.02 Å². The van der Waals surface area contributed by atoms with Crippen molar-refractivity contribution in [3.05, 3.63) is 21.3 Å². The van der Waals surface area contributed by atoms with Crippen molar-refractivity contribution in [3.63, 3.8) is 0 Å². The van der Waals surface area contributed by atoms with Gasteiger partial charge in [-0.2, -0.15) is 0 Å². The third kappa shape index (κ3) is 2.96. The maximum Gasteiger partial charge on any atom is 0.0558 e. The number of thiophene rings is 1. The highest BCUT2D eigenvalue weighted by molar-refractivity contribution is 9.09. The fourth-order valence-corrected chi connectivity index (χ4v) is 3.68. The number of piperidine rings is 1. The van der Waals surface area contributed by atoms with Crippen LogP contribution in [0.3, 0.4) is 0 Å². The van der Waals surface area contributed by atoms with Gasteiger partial charge in [0.2, 0.25) is 0 Å². The maximum atomic E-state index is 6.10. The van der Waals surface area contributed by atoms with Gasteiger partial charge in [0.15, 0.2) is 0 Å². The molecule has 1 saturated heterocycles. The lowest BCUT2D eigenvalue weighted by molar-refractivity contribution is 0.195. The Morgan fingerprint density at radius 1 is 1.67 bits per heavy atom. The van der Waals surface area contributed by atoms with E-state index in [4.69, 9.17) is 11.6 Å². The molecule has 1 nitrogen and oxygen atoms in total. The molecule has 4 heteroatoms. The first-order valence-electron chi connectivity index (χ1n) is 5.25. The molecule has 0 aromatic carbocycles. The summed E-state index contributed by atoms with van der Waals surface area (Å²) in [6.45, 7) is 5.65. The molecule has 1 aromatic heterocycles. The van der Waals surface area contributed by atoms with Crippen LogP contribution in [0.5, 0.6) is 0 Å². The highest BCUT2D eigenvalue weighted by Gasteiger charge is 2.24. The Labute approximate surface area is 109 Å². The van der Waals surface area contributed by atoms with Crippen molar-refractivity contribution in [2.24, 2.45) is 5.92 Å². The molecule has 0 bridgehead atoms. The van der Waals surface area contributed by atoms with Gasteiger partial charge < -0.3 is 0 Å². The van der Waals surface area contributed by atoms with Crippen LogP contribution in [-0.2, 0) is 6.54 Å². The van der Waals surface area contributed by atoms with Gasteiger partial charge >= 0.3 is 0 Å². The molecule has 1 aliphatic rings. The average Bonchev–Trinajstić information content (AvgIpc) is 2.59. The maximum absolute atomic E-state index is 6.10. The summed E-state index contributed by atoms with van der Waals surface area (Å²) >= 11 is 11.6. The molecule has 0 N–H and O–H groups in total. The van der Waals surface area contributed by atoms with Gasteiger partial charge in [-0.15, -0.1) is 11.3 Å². The topological polar surface area (TPSA) is 3.24 Å². The van der Waals surface area contributed by atoms with E-state index in [9.17, 15) is 0 Å². The minimum absolute atomic E-state index is 0.630. The lowest BCUT2D eigenvalue weighted by Gasteiger charge is -2.33. The summed E-state index contributed by atoms with van der Waals surface area (Å²) in [7, 11) is 0. The SMILES string of the molecule is CC1CCN(Cc2sccc2Cl)CC1Br. The molecule has 84 valence electrons. The predicted molar refractivity (Wildman–Crippen MR) is 71.1 cm³/mol. The number of alkyl halides is 1. The molecular formula is C11H15BrClNS. The van der Waals surface area contributed by atoms with Gasteiger partial charge in [0.25, 0.3) is 0 Å². The Kier molecular flexibility index (Phi) is 4.10. The van der Waals surface area contributed by atoms with Gasteiger partial charge in [0.1, 0.15) is 0 Å². The molecule has 1 fully saturated rings. The van der Waals surface area contributed by atoms with Crippen molar-refractivity contribution in [2.45, 2.75) is 24.7 Å². The molecule has 1 aliphatic heterocycles. The number of hydrogen-bond acceptors (Lipinski definition) is 2. The van der Waals surface area contributed by atoms with Crippen LogP contribution in [-0.4, -0.2) is 22.8 Å². The summed E-state index contributed by atoms with van der Waals surface area (Å²) in [6, 6.07) is 1.99. The summed E-state index contributed by atoms with van der Waals surface area (Å²) < 4.78 is 0. The zero-order chi connectivity index (χ0) is 10.8. The van der Waals surface area contributed by atoms with Crippen molar-refractivity contribution < 1.29 is 0 Å². The lowest BCUT2D eigenvalue weighted by Crippen LogP contribution is -2.39. The second kappa shape index (κ2) is 5.17. The molecule has 0 radical (unpaired) electrons. The fourth-order valence-electron chi connectivity index (χ4n) is 1.87. The molecule has 15 heavy (non-hydrogen) atoms. The van der Waals surface area contributed by atoms with Crippen molar-refractivity contribution in [3.8, 4) is 0 Å². The summed E-state index contributed by atoms with van der Waals surface area (Å²) in [5.74, 6) is 0.792. The van der Waals surface area contributed by atoms with Gasteiger partial charge in [0, 0.05) is 22.8 Å². The molecule has 0 amide bonds. The van der Waals surface area contributed by atoms with Crippen molar-refractivity contribution in [1.82, 2.24) is 4.90 Å². The normalized spacial score (nSPS) is 28.2. The van der Waals surface area contributed by atoms with Crippen molar-refractivity contribution in [2.75, 3.05) is 13.1 Å². The molecular weight excluding hydrogens is 294 g/mol. The highest BCUT2D eigenvalue weighted by Crippen LogP contribution is 2.28. The number of nitrogens with zero attached hydrogens (tertiary/aromatic N) is 1. The number of halogens is 2. The third-order valence-electron chi connectivity index (χ3n) is 3.01. The largest absolute Gasteiger partial charge is 0.297 e. The Balaban J connectivity index is 1.94. The summed E-state index contributed by atoms with van der Waals surface area (Å²) in [5, 5.41) is 2.99. The first-order valence-corrected chi connectivity index (χ1v) is 7.42. The molecule has 1 aromatic rings. The van der Waals surface area contributed by atoms with Crippen LogP contribution >= 0.6 is 38.9 Å². The predicted octanol–water partition coefficient (Wildman–Crippen LogP) is 4.01. The van der Waals surface area contributed by atoms with E-state index in [0.29, 0.717) is 4.83 Å². The quantitative estimate of drug-likeness (QED) is 0.746. The standard InChI is InChI=1S/C11H15BrClNS/c1-8-2-4-14(6-9(8)12)7-11-10(13)3-5-15-11/h3,5,8-9H,2,4,6-7H2,1H3. The third-order valence-corrected chi connectivity index (χ3v) is 5.57. The Bertz CT molecular complexity index is 328.